The van der Waals surface area contributed by atoms with Crippen molar-refractivity contribution in [2.24, 2.45) is 0 Å². The van der Waals surface area contributed by atoms with E-state index < -0.39 is 17.8 Å². The monoisotopic (exact) mass is 248 g/mol. The summed E-state index contributed by atoms with van der Waals surface area (Å²) in [6.07, 6.45) is -4.58. The highest BCUT2D eigenvalue weighted by Gasteiger charge is 2.33. The van der Waals surface area contributed by atoms with E-state index in [1.807, 2.05) is 0 Å². The first kappa shape index (κ1) is 13.3. The van der Waals surface area contributed by atoms with Crippen molar-refractivity contribution in [1.82, 2.24) is 4.98 Å². The number of hydrogen-bond donors (Lipinski definition) is 1. The highest BCUT2D eigenvalue weighted by atomic mass is 19.4. The van der Waals surface area contributed by atoms with Crippen LogP contribution in [0.4, 0.5) is 19.0 Å². The normalized spacial score (nSPS) is 11.4. The van der Waals surface area contributed by atoms with Crippen LogP contribution in [0.25, 0.3) is 0 Å². The quantitative estimate of drug-likeness (QED) is 0.891. The Bertz CT molecular complexity index is 432. The summed E-state index contributed by atoms with van der Waals surface area (Å²) >= 11 is 0. The first-order valence-corrected chi connectivity index (χ1v) is 4.80. The molecule has 0 fully saturated rings. The van der Waals surface area contributed by atoms with E-state index >= 15 is 0 Å². The third-order valence-corrected chi connectivity index (χ3v) is 2.23. The highest BCUT2D eigenvalue weighted by molar-refractivity contribution is 5.93. The Balaban J connectivity index is 3.34. The SMILES string of the molecule is CCN(C)c1nc(C(F)(F)F)ccc1C(=O)O. The van der Waals surface area contributed by atoms with Crippen molar-refractivity contribution in [3.63, 3.8) is 0 Å². The molecule has 17 heavy (non-hydrogen) atoms. The molecule has 0 atom stereocenters. The molecule has 1 aromatic rings. The zero-order valence-corrected chi connectivity index (χ0v) is 9.25. The molecule has 0 saturated heterocycles. The predicted octanol–water partition coefficient (Wildman–Crippen LogP) is 2.25. The number of hydrogen-bond acceptors (Lipinski definition) is 3. The maximum Gasteiger partial charge on any atom is 0.433 e. The molecule has 0 radical (unpaired) electrons. The van der Waals surface area contributed by atoms with Crippen LogP contribution in [0.2, 0.25) is 0 Å². The molecule has 0 aliphatic rings. The molecule has 0 bridgehead atoms. The summed E-state index contributed by atoms with van der Waals surface area (Å²) in [5.41, 5.74) is -1.35. The van der Waals surface area contributed by atoms with Crippen molar-refractivity contribution in [2.75, 3.05) is 18.5 Å². The van der Waals surface area contributed by atoms with E-state index in [2.05, 4.69) is 4.98 Å². The number of aromatic carboxylic acids is 1. The smallest absolute Gasteiger partial charge is 0.433 e. The fourth-order valence-corrected chi connectivity index (χ4v) is 1.21. The van der Waals surface area contributed by atoms with Gasteiger partial charge in [0.15, 0.2) is 0 Å². The van der Waals surface area contributed by atoms with Crippen molar-refractivity contribution in [3.8, 4) is 0 Å². The number of carbonyl (C=O) groups is 1. The Morgan fingerprint density at radius 2 is 2.06 bits per heavy atom. The minimum absolute atomic E-state index is 0.185. The molecule has 0 aliphatic carbocycles. The van der Waals surface area contributed by atoms with Gasteiger partial charge in [-0.2, -0.15) is 13.2 Å². The van der Waals surface area contributed by atoms with E-state index in [0.29, 0.717) is 12.6 Å². The second kappa shape index (κ2) is 4.60. The average molecular weight is 248 g/mol. The summed E-state index contributed by atoms with van der Waals surface area (Å²) < 4.78 is 37.3. The molecule has 1 N–H and O–H groups in total. The Morgan fingerprint density at radius 3 is 2.47 bits per heavy atom. The Kier molecular flexibility index (Phi) is 3.59. The zero-order valence-electron chi connectivity index (χ0n) is 9.25. The molecule has 7 heteroatoms. The molecule has 1 rings (SSSR count). The van der Waals surface area contributed by atoms with Gasteiger partial charge in [0.25, 0.3) is 0 Å². The van der Waals surface area contributed by atoms with Gasteiger partial charge in [0.05, 0.1) is 0 Å². The summed E-state index contributed by atoms with van der Waals surface area (Å²) in [7, 11) is 1.48. The minimum atomic E-state index is -4.58. The highest BCUT2D eigenvalue weighted by Crippen LogP contribution is 2.30. The summed E-state index contributed by atoms with van der Waals surface area (Å²) in [6.45, 7) is 2.04. The number of pyridine rings is 1. The molecule has 0 amide bonds. The molecule has 0 aromatic carbocycles. The summed E-state index contributed by atoms with van der Waals surface area (Å²) in [6, 6.07) is 1.58. The van der Waals surface area contributed by atoms with Crippen molar-refractivity contribution >= 4 is 11.8 Å². The van der Waals surface area contributed by atoms with Crippen LogP contribution >= 0.6 is 0 Å². The van der Waals surface area contributed by atoms with Crippen LogP contribution in [-0.4, -0.2) is 29.7 Å². The van der Waals surface area contributed by atoms with E-state index in [1.165, 1.54) is 11.9 Å². The number of halogens is 3. The number of aromatic nitrogens is 1. The standard InChI is InChI=1S/C10H11F3N2O2/c1-3-15(2)8-6(9(16)17)4-5-7(14-8)10(11,12)13/h4-5H,3H2,1-2H3,(H,16,17). The fraction of sp³-hybridized carbons (Fsp3) is 0.400. The van der Waals surface area contributed by atoms with E-state index in [-0.39, 0.29) is 11.4 Å². The second-order valence-electron chi connectivity index (χ2n) is 3.38. The Labute approximate surface area is 95.7 Å². The Morgan fingerprint density at radius 1 is 1.47 bits per heavy atom. The largest absolute Gasteiger partial charge is 0.478 e. The number of anilines is 1. The van der Waals surface area contributed by atoms with Crippen LogP contribution in [0.3, 0.4) is 0 Å². The molecular formula is C10H11F3N2O2. The van der Waals surface area contributed by atoms with E-state index in [0.717, 1.165) is 6.07 Å². The summed E-state index contributed by atoms with van der Waals surface area (Å²) in [5.74, 6) is -1.49. The molecule has 0 aliphatic heterocycles. The topological polar surface area (TPSA) is 53.4 Å². The van der Waals surface area contributed by atoms with Gasteiger partial charge in [-0.1, -0.05) is 0 Å². The molecule has 0 spiro atoms. The lowest BCUT2D eigenvalue weighted by molar-refractivity contribution is -0.141. The van der Waals surface area contributed by atoms with Crippen LogP contribution in [0, 0.1) is 0 Å². The van der Waals surface area contributed by atoms with Crippen LogP contribution in [-0.2, 0) is 6.18 Å². The fourth-order valence-electron chi connectivity index (χ4n) is 1.21. The minimum Gasteiger partial charge on any atom is -0.478 e. The lowest BCUT2D eigenvalue weighted by Gasteiger charge is -2.19. The number of rotatable bonds is 3. The molecule has 1 aromatic heterocycles. The third-order valence-electron chi connectivity index (χ3n) is 2.23. The van der Waals surface area contributed by atoms with Crippen molar-refractivity contribution in [3.05, 3.63) is 23.4 Å². The van der Waals surface area contributed by atoms with Gasteiger partial charge in [-0.25, -0.2) is 9.78 Å². The molecule has 4 nitrogen and oxygen atoms in total. The molecule has 94 valence electrons. The lowest BCUT2D eigenvalue weighted by atomic mass is 10.2. The lowest BCUT2D eigenvalue weighted by Crippen LogP contribution is -2.22. The first-order chi connectivity index (χ1) is 7.77. The summed E-state index contributed by atoms with van der Waals surface area (Å²) in [4.78, 5) is 15.6. The average Bonchev–Trinajstić information content (AvgIpc) is 2.25. The van der Waals surface area contributed by atoms with Gasteiger partial charge in [-0.3, -0.25) is 0 Å². The zero-order chi connectivity index (χ0) is 13.2. The van der Waals surface area contributed by atoms with Crippen molar-refractivity contribution in [1.29, 1.82) is 0 Å². The van der Waals surface area contributed by atoms with Gasteiger partial charge in [0.2, 0.25) is 0 Å². The van der Waals surface area contributed by atoms with E-state index in [1.54, 1.807) is 6.92 Å². The van der Waals surface area contributed by atoms with Crippen molar-refractivity contribution < 1.29 is 23.1 Å². The molecule has 1 heterocycles. The summed E-state index contributed by atoms with van der Waals surface area (Å²) in [5, 5.41) is 8.86. The third kappa shape index (κ3) is 2.86. The van der Waals surface area contributed by atoms with E-state index in [9.17, 15) is 18.0 Å². The van der Waals surface area contributed by atoms with Gasteiger partial charge in [-0.15, -0.1) is 0 Å². The van der Waals surface area contributed by atoms with Crippen LogP contribution in [0.1, 0.15) is 23.0 Å². The maximum atomic E-state index is 12.4. The Hall–Kier alpha value is -1.79. The molecule has 0 unspecified atom stereocenters. The van der Waals surface area contributed by atoms with Crippen LogP contribution in [0.5, 0.6) is 0 Å². The van der Waals surface area contributed by atoms with Gasteiger partial charge in [-0.05, 0) is 19.1 Å². The van der Waals surface area contributed by atoms with Gasteiger partial charge < -0.3 is 10.0 Å². The van der Waals surface area contributed by atoms with Gasteiger partial charge >= 0.3 is 12.1 Å². The second-order valence-corrected chi connectivity index (χ2v) is 3.38. The van der Waals surface area contributed by atoms with Gasteiger partial charge in [0.1, 0.15) is 17.1 Å². The van der Waals surface area contributed by atoms with Crippen molar-refractivity contribution in [2.45, 2.75) is 13.1 Å². The number of nitrogens with zero attached hydrogens (tertiary/aromatic N) is 2. The first-order valence-electron chi connectivity index (χ1n) is 4.80. The predicted molar refractivity (Wildman–Crippen MR) is 55.1 cm³/mol. The van der Waals surface area contributed by atoms with E-state index in [4.69, 9.17) is 5.11 Å². The number of carboxylic acids is 1. The number of alkyl halides is 3. The maximum absolute atomic E-state index is 12.4. The van der Waals surface area contributed by atoms with Crippen LogP contribution < -0.4 is 4.90 Å². The van der Waals surface area contributed by atoms with Gasteiger partial charge in [0, 0.05) is 13.6 Å². The molecule has 0 saturated carbocycles. The van der Waals surface area contributed by atoms with Crippen LogP contribution in [0.15, 0.2) is 12.1 Å². The molecular weight excluding hydrogens is 237 g/mol. The number of carboxylic acid groups (broad SMARTS) is 1.